The van der Waals surface area contributed by atoms with E-state index in [1.165, 1.54) is 42.1 Å². The van der Waals surface area contributed by atoms with Crippen molar-refractivity contribution in [3.05, 3.63) is 170 Å². The van der Waals surface area contributed by atoms with Gasteiger partial charge in [0, 0.05) is 42.1 Å². The number of aromatic nitrogens is 4. The van der Waals surface area contributed by atoms with Crippen molar-refractivity contribution >= 4 is 53.3 Å². The average molecular weight is 657 g/mol. The summed E-state index contributed by atoms with van der Waals surface area (Å²) in [5.74, 6) is 1.87. The lowest BCUT2D eigenvalue weighted by atomic mass is 9.99. The first kappa shape index (κ1) is 28.6. The molecule has 0 aliphatic carbocycles. The summed E-state index contributed by atoms with van der Waals surface area (Å²) < 4.78 is 4.77. The maximum atomic E-state index is 5.19. The molecule has 0 unspecified atom stereocenters. The van der Waals surface area contributed by atoms with Gasteiger partial charge in [0.1, 0.15) is 0 Å². The van der Waals surface area contributed by atoms with Crippen molar-refractivity contribution in [3.63, 3.8) is 0 Å². The minimum atomic E-state index is 0.598. The Morgan fingerprint density at radius 1 is 0.360 bits per heavy atom. The molecule has 234 valence electrons. The third kappa shape index (κ3) is 4.71. The van der Waals surface area contributed by atoms with Gasteiger partial charge < -0.3 is 0 Å². The number of nitrogens with zero attached hydrogens (tertiary/aromatic N) is 4. The monoisotopic (exact) mass is 656 g/mol. The zero-order chi connectivity index (χ0) is 33.0. The molecule has 7 aromatic carbocycles. The minimum absolute atomic E-state index is 0.598. The first-order valence-corrected chi connectivity index (χ1v) is 17.5. The van der Waals surface area contributed by atoms with Gasteiger partial charge in [0.2, 0.25) is 5.95 Å². The molecule has 0 saturated heterocycles. The predicted octanol–water partition coefficient (Wildman–Crippen LogP) is 12.0. The highest BCUT2D eigenvalue weighted by atomic mass is 32.1. The fraction of sp³-hybridized carbons (Fsp3) is 0. The molecule has 0 radical (unpaired) electrons. The van der Waals surface area contributed by atoms with E-state index in [-0.39, 0.29) is 0 Å². The molecule has 0 aliphatic rings. The van der Waals surface area contributed by atoms with Gasteiger partial charge in [0.05, 0.1) is 11.0 Å². The second kappa shape index (κ2) is 11.6. The second-order valence-corrected chi connectivity index (χ2v) is 13.5. The lowest BCUT2D eigenvalue weighted by Crippen LogP contribution is -2.06. The number of rotatable bonds is 5. The Labute approximate surface area is 292 Å². The van der Waals surface area contributed by atoms with E-state index in [1.807, 2.05) is 35.6 Å². The molecule has 5 heteroatoms. The summed E-state index contributed by atoms with van der Waals surface area (Å²) in [4.78, 5) is 15.4. The first-order chi connectivity index (χ1) is 24.8. The molecule has 4 nitrogen and oxygen atoms in total. The molecule has 0 fully saturated rings. The van der Waals surface area contributed by atoms with E-state index in [2.05, 4.69) is 150 Å². The fourth-order valence-corrected chi connectivity index (χ4v) is 8.32. The Bertz CT molecular complexity index is 2840. The van der Waals surface area contributed by atoms with E-state index in [0.29, 0.717) is 17.6 Å². The normalized spacial score (nSPS) is 11.6. The lowest BCUT2D eigenvalue weighted by molar-refractivity contribution is 0.953. The van der Waals surface area contributed by atoms with Crippen LogP contribution < -0.4 is 0 Å². The van der Waals surface area contributed by atoms with Gasteiger partial charge in [-0.25, -0.2) is 4.98 Å². The van der Waals surface area contributed by atoms with Gasteiger partial charge in [0.25, 0.3) is 0 Å². The Hall–Kier alpha value is -6.43. The maximum absolute atomic E-state index is 5.19. The highest BCUT2D eigenvalue weighted by Crippen LogP contribution is 2.43. The largest absolute Gasteiger partial charge is 0.278 e. The van der Waals surface area contributed by atoms with E-state index in [9.17, 15) is 0 Å². The van der Waals surface area contributed by atoms with Gasteiger partial charge in [-0.05, 0) is 40.5 Å². The third-order valence-electron chi connectivity index (χ3n) is 9.50. The summed E-state index contributed by atoms with van der Waals surface area (Å²) in [6.45, 7) is 0. The van der Waals surface area contributed by atoms with Crippen LogP contribution in [-0.2, 0) is 0 Å². The van der Waals surface area contributed by atoms with E-state index in [0.717, 1.165) is 33.3 Å². The predicted molar refractivity (Wildman–Crippen MR) is 209 cm³/mol. The molecule has 0 atom stereocenters. The third-order valence-corrected chi connectivity index (χ3v) is 10.7. The molecule has 3 heterocycles. The molecular formula is C45H28N4S. The van der Waals surface area contributed by atoms with Crippen LogP contribution in [-0.4, -0.2) is 19.5 Å². The molecule has 0 amide bonds. The number of para-hydroxylation sites is 1. The molecule has 0 spiro atoms. The molecule has 50 heavy (non-hydrogen) atoms. The number of thiophene rings is 1. The summed E-state index contributed by atoms with van der Waals surface area (Å²) >= 11 is 1.85. The summed E-state index contributed by atoms with van der Waals surface area (Å²) in [7, 11) is 0. The van der Waals surface area contributed by atoms with Crippen LogP contribution in [0.5, 0.6) is 0 Å². The minimum Gasteiger partial charge on any atom is -0.278 e. The van der Waals surface area contributed by atoms with Gasteiger partial charge >= 0.3 is 0 Å². The van der Waals surface area contributed by atoms with E-state index in [1.54, 1.807) is 0 Å². The topological polar surface area (TPSA) is 43.6 Å². The maximum Gasteiger partial charge on any atom is 0.238 e. The van der Waals surface area contributed by atoms with Crippen molar-refractivity contribution in [2.75, 3.05) is 0 Å². The van der Waals surface area contributed by atoms with Crippen molar-refractivity contribution in [2.45, 2.75) is 0 Å². The van der Waals surface area contributed by atoms with Crippen LogP contribution in [0.15, 0.2) is 170 Å². The Morgan fingerprint density at radius 3 is 1.52 bits per heavy atom. The Kier molecular flexibility index (Phi) is 6.64. The van der Waals surface area contributed by atoms with Crippen molar-refractivity contribution < 1.29 is 0 Å². The van der Waals surface area contributed by atoms with Gasteiger partial charge in [0.15, 0.2) is 11.6 Å². The quantitative estimate of drug-likeness (QED) is 0.185. The Balaban J connectivity index is 1.13. The van der Waals surface area contributed by atoms with Gasteiger partial charge in [-0.2, -0.15) is 9.97 Å². The smallest absolute Gasteiger partial charge is 0.238 e. The second-order valence-electron chi connectivity index (χ2n) is 12.5. The zero-order valence-electron chi connectivity index (χ0n) is 26.9. The number of hydrogen-bond donors (Lipinski definition) is 0. The van der Waals surface area contributed by atoms with Crippen LogP contribution in [0.25, 0.3) is 93.0 Å². The lowest BCUT2D eigenvalue weighted by Gasteiger charge is -2.11. The summed E-state index contributed by atoms with van der Waals surface area (Å²) in [6.07, 6.45) is 0. The van der Waals surface area contributed by atoms with Crippen molar-refractivity contribution in [2.24, 2.45) is 0 Å². The molecule has 0 saturated carbocycles. The SMILES string of the molecule is c1ccc(-c2ccc(-c3ccc(-c4nc(-c5ccccc5)nc(-n5c6ccccc6c6c7sc8ccccc8c7ccc65)n4)cc3)cc2)cc1. The molecule has 0 bridgehead atoms. The van der Waals surface area contributed by atoms with Crippen molar-refractivity contribution in [3.8, 4) is 51.0 Å². The highest BCUT2D eigenvalue weighted by molar-refractivity contribution is 7.26. The molecular weight excluding hydrogens is 629 g/mol. The van der Waals surface area contributed by atoms with Crippen LogP contribution in [0.4, 0.5) is 0 Å². The van der Waals surface area contributed by atoms with Gasteiger partial charge in [-0.15, -0.1) is 11.3 Å². The van der Waals surface area contributed by atoms with Gasteiger partial charge in [-0.1, -0.05) is 152 Å². The van der Waals surface area contributed by atoms with Crippen LogP contribution in [0.3, 0.4) is 0 Å². The van der Waals surface area contributed by atoms with Crippen LogP contribution in [0.1, 0.15) is 0 Å². The van der Waals surface area contributed by atoms with Crippen LogP contribution in [0, 0.1) is 0 Å². The van der Waals surface area contributed by atoms with Crippen LogP contribution >= 0.6 is 11.3 Å². The van der Waals surface area contributed by atoms with E-state index < -0.39 is 0 Å². The molecule has 3 aromatic heterocycles. The Morgan fingerprint density at radius 2 is 0.860 bits per heavy atom. The van der Waals surface area contributed by atoms with Crippen molar-refractivity contribution in [1.82, 2.24) is 19.5 Å². The highest BCUT2D eigenvalue weighted by Gasteiger charge is 2.20. The van der Waals surface area contributed by atoms with E-state index >= 15 is 0 Å². The summed E-state index contributed by atoms with van der Waals surface area (Å²) in [5.41, 5.74) is 8.74. The number of hydrogen-bond acceptors (Lipinski definition) is 4. The molecule has 10 rings (SSSR count). The molecule has 0 N–H and O–H groups in total. The summed E-state index contributed by atoms with van der Waals surface area (Å²) in [6, 6.07) is 59.6. The molecule has 10 aromatic rings. The number of fused-ring (bicyclic) bond motifs is 7. The number of benzene rings is 7. The van der Waals surface area contributed by atoms with E-state index in [4.69, 9.17) is 15.0 Å². The fourth-order valence-electron chi connectivity index (χ4n) is 7.06. The van der Waals surface area contributed by atoms with Crippen molar-refractivity contribution in [1.29, 1.82) is 0 Å². The standard InChI is InChI=1S/C45H28N4S/c1-3-11-29(12-4-1)30-19-21-31(22-20-30)32-23-25-34(26-24-32)44-46-43(33-13-5-2-6-14-33)47-45(48-44)49-38-17-9-7-16-37(38)41-39(49)28-27-36-35-15-8-10-18-40(35)50-42(36)41/h1-28H. The van der Waals surface area contributed by atoms with Gasteiger partial charge in [-0.3, -0.25) is 4.57 Å². The molecule has 0 aliphatic heterocycles. The average Bonchev–Trinajstić information content (AvgIpc) is 3.74. The van der Waals surface area contributed by atoms with Crippen LogP contribution in [0.2, 0.25) is 0 Å². The first-order valence-electron chi connectivity index (χ1n) is 16.7. The summed E-state index contributed by atoms with van der Waals surface area (Å²) in [5, 5.41) is 4.98. The zero-order valence-corrected chi connectivity index (χ0v) is 27.7.